The molecule has 1 unspecified atom stereocenters. The molecule has 21 heavy (non-hydrogen) atoms. The summed E-state index contributed by atoms with van der Waals surface area (Å²) in [5, 5.41) is 2.93. The fourth-order valence-corrected chi connectivity index (χ4v) is 5.54. The SMILES string of the molecule is CCOC(C)(OCC)P(=O)(C[C@@H](CI)N[B]C=O)OCC. The number of ether oxygens (including phenoxy) is 2. The molecule has 0 fully saturated rings. The number of rotatable bonds is 13. The second-order valence-corrected chi connectivity index (χ2v) is 8.02. The summed E-state index contributed by atoms with van der Waals surface area (Å²) in [4.78, 5) is 10.4. The maximum Gasteiger partial charge on any atom is 0.290 e. The molecule has 0 aromatic rings. The zero-order chi connectivity index (χ0) is 16.4. The third-order valence-electron chi connectivity index (χ3n) is 2.83. The van der Waals surface area contributed by atoms with Crippen LogP contribution in [-0.2, 0) is 23.4 Å². The van der Waals surface area contributed by atoms with E-state index in [1.54, 1.807) is 13.8 Å². The highest BCUT2D eigenvalue weighted by molar-refractivity contribution is 14.1. The van der Waals surface area contributed by atoms with Crippen LogP contribution in [0.3, 0.4) is 0 Å². The van der Waals surface area contributed by atoms with Crippen LogP contribution in [0, 0.1) is 0 Å². The second kappa shape index (κ2) is 11.1. The second-order valence-electron chi connectivity index (χ2n) is 4.36. The zero-order valence-electron chi connectivity index (χ0n) is 13.1. The third kappa shape index (κ3) is 6.66. The lowest BCUT2D eigenvalue weighted by Gasteiger charge is -2.37. The van der Waals surface area contributed by atoms with Crippen LogP contribution in [0.2, 0.25) is 0 Å². The maximum atomic E-state index is 13.3. The van der Waals surface area contributed by atoms with Gasteiger partial charge in [0.05, 0.1) is 12.8 Å². The molecule has 0 saturated carbocycles. The van der Waals surface area contributed by atoms with Crippen molar-refractivity contribution in [1.82, 2.24) is 5.23 Å². The number of hydrogen-bond acceptors (Lipinski definition) is 6. The van der Waals surface area contributed by atoms with E-state index >= 15 is 0 Å². The highest BCUT2D eigenvalue weighted by atomic mass is 127. The van der Waals surface area contributed by atoms with Crippen LogP contribution in [0.5, 0.6) is 0 Å². The molecule has 0 saturated heterocycles. The van der Waals surface area contributed by atoms with Crippen LogP contribution in [-0.4, -0.2) is 55.6 Å². The third-order valence-corrected chi connectivity index (χ3v) is 6.98. The molecule has 0 heterocycles. The molecule has 123 valence electrons. The molecular formula is C12H25BINO5P. The van der Waals surface area contributed by atoms with E-state index in [9.17, 15) is 9.36 Å². The Kier molecular flexibility index (Phi) is 11.4. The summed E-state index contributed by atoms with van der Waals surface area (Å²) in [6, 6.07) is -0.159. The number of halogens is 1. The molecule has 0 aliphatic carbocycles. The number of carbonyl (C=O) groups excluding carboxylic acids is 1. The van der Waals surface area contributed by atoms with Crippen molar-refractivity contribution in [3.8, 4) is 0 Å². The Labute approximate surface area is 141 Å². The van der Waals surface area contributed by atoms with E-state index in [0.29, 0.717) is 30.4 Å². The van der Waals surface area contributed by atoms with Crippen molar-refractivity contribution in [2.24, 2.45) is 0 Å². The number of alkyl halides is 1. The van der Waals surface area contributed by atoms with Gasteiger partial charge in [0.2, 0.25) is 5.53 Å². The van der Waals surface area contributed by atoms with E-state index < -0.39 is 12.9 Å². The van der Waals surface area contributed by atoms with Crippen molar-refractivity contribution in [2.75, 3.05) is 30.4 Å². The van der Waals surface area contributed by atoms with Gasteiger partial charge in [-0.25, -0.2) is 0 Å². The van der Waals surface area contributed by atoms with Crippen LogP contribution in [0.4, 0.5) is 0 Å². The van der Waals surface area contributed by atoms with Gasteiger partial charge in [0.15, 0.2) is 0 Å². The van der Waals surface area contributed by atoms with Gasteiger partial charge in [0.25, 0.3) is 14.8 Å². The van der Waals surface area contributed by atoms with Crippen molar-refractivity contribution in [3.63, 3.8) is 0 Å². The van der Waals surface area contributed by atoms with Gasteiger partial charge in [-0.3, -0.25) is 4.57 Å². The van der Waals surface area contributed by atoms with Gasteiger partial charge in [0.1, 0.15) is 0 Å². The van der Waals surface area contributed by atoms with Crippen molar-refractivity contribution in [1.29, 1.82) is 0 Å². The molecule has 0 spiro atoms. The first-order chi connectivity index (χ1) is 9.92. The molecule has 2 atom stereocenters. The molecule has 0 bridgehead atoms. The number of nitrogens with one attached hydrogen (secondary N) is 1. The molecule has 9 heteroatoms. The largest absolute Gasteiger partial charge is 0.350 e. The maximum absolute atomic E-state index is 13.3. The smallest absolute Gasteiger partial charge is 0.290 e. The van der Waals surface area contributed by atoms with Gasteiger partial charge in [-0.05, 0) is 27.7 Å². The van der Waals surface area contributed by atoms with Crippen molar-refractivity contribution < 1.29 is 23.4 Å². The summed E-state index contributed by atoms with van der Waals surface area (Å²) in [5.74, 6) is 0. The molecule has 6 nitrogen and oxygen atoms in total. The fourth-order valence-electron chi connectivity index (χ4n) is 1.93. The molecule has 0 aromatic heterocycles. The van der Waals surface area contributed by atoms with Crippen LogP contribution < -0.4 is 5.23 Å². The monoisotopic (exact) mass is 432 g/mol. The molecular weight excluding hydrogens is 407 g/mol. The Bertz CT molecular complexity index is 342. The Balaban J connectivity index is 5.25. The lowest BCUT2D eigenvalue weighted by atomic mass is 9.97. The zero-order valence-corrected chi connectivity index (χ0v) is 16.2. The molecule has 0 aromatic carbocycles. The van der Waals surface area contributed by atoms with Gasteiger partial charge in [0, 0.05) is 29.8 Å². The number of hydrogen-bond donors (Lipinski definition) is 1. The fraction of sp³-hybridized carbons (Fsp3) is 0.917. The first kappa shape index (κ1) is 21.5. The van der Waals surface area contributed by atoms with Crippen molar-refractivity contribution in [3.05, 3.63) is 0 Å². The summed E-state index contributed by atoms with van der Waals surface area (Å²) in [6.45, 7) is 8.13. The van der Waals surface area contributed by atoms with Gasteiger partial charge < -0.3 is 24.0 Å². The van der Waals surface area contributed by atoms with Crippen LogP contribution in [0.25, 0.3) is 0 Å². The molecule has 0 aliphatic rings. The predicted octanol–water partition coefficient (Wildman–Crippen LogP) is 2.25. The van der Waals surface area contributed by atoms with Gasteiger partial charge >= 0.3 is 0 Å². The quantitative estimate of drug-likeness (QED) is 0.120. The van der Waals surface area contributed by atoms with E-state index in [4.69, 9.17) is 14.0 Å². The van der Waals surface area contributed by atoms with E-state index in [1.807, 2.05) is 13.8 Å². The Morgan fingerprint density at radius 2 is 1.86 bits per heavy atom. The summed E-state index contributed by atoms with van der Waals surface area (Å²) >= 11 is 2.17. The minimum absolute atomic E-state index is 0.159. The average Bonchev–Trinajstić information content (AvgIpc) is 2.44. The van der Waals surface area contributed by atoms with Crippen molar-refractivity contribution in [2.45, 2.75) is 39.3 Å². The predicted molar refractivity (Wildman–Crippen MR) is 94.1 cm³/mol. The van der Waals surface area contributed by atoms with Crippen LogP contribution in [0.15, 0.2) is 0 Å². The molecule has 0 rings (SSSR count). The first-order valence-corrected chi connectivity index (χ1v) is 10.4. The Morgan fingerprint density at radius 3 is 2.24 bits per heavy atom. The minimum atomic E-state index is -3.23. The van der Waals surface area contributed by atoms with E-state index in [1.165, 1.54) is 7.41 Å². The Hall–Kier alpha value is 0.535. The molecule has 1 radical (unpaired) electrons. The molecule has 1 N–H and O–H groups in total. The summed E-state index contributed by atoms with van der Waals surface area (Å²) in [7, 11) is -1.93. The standard InChI is InChI=1S/C12H25BINO5P/c1-5-18-12(4,19-6-2)21(17,20-7-3)9-11(8-14)15-13-10-16/h10-11,15H,5-9H2,1-4H3/t11-,21?/m1/s1. The highest BCUT2D eigenvalue weighted by Crippen LogP contribution is 2.60. The van der Waals surface area contributed by atoms with Gasteiger partial charge in [-0.1, -0.05) is 22.6 Å². The summed E-state index contributed by atoms with van der Waals surface area (Å²) < 4.78 is 30.8. The van der Waals surface area contributed by atoms with Crippen molar-refractivity contribution >= 4 is 43.6 Å². The summed E-state index contributed by atoms with van der Waals surface area (Å²) in [6.07, 6.45) is 0.889. The van der Waals surface area contributed by atoms with Gasteiger partial charge in [-0.2, -0.15) is 0 Å². The van der Waals surface area contributed by atoms with E-state index in [0.717, 1.165) is 0 Å². The van der Waals surface area contributed by atoms with Crippen LogP contribution in [0.1, 0.15) is 27.7 Å². The van der Waals surface area contributed by atoms with Gasteiger partial charge in [-0.15, -0.1) is 0 Å². The number of carbonyl (C=O) groups is 1. The highest BCUT2D eigenvalue weighted by Gasteiger charge is 2.48. The van der Waals surface area contributed by atoms with E-state index in [-0.39, 0.29) is 12.2 Å². The molecule has 0 aliphatic heterocycles. The lowest BCUT2D eigenvalue weighted by molar-refractivity contribution is -0.168. The summed E-state index contributed by atoms with van der Waals surface area (Å²) in [5.41, 5.74) is -1.28. The Morgan fingerprint density at radius 1 is 1.29 bits per heavy atom. The van der Waals surface area contributed by atoms with E-state index in [2.05, 4.69) is 27.8 Å². The first-order valence-electron chi connectivity index (χ1n) is 7.03. The molecule has 0 amide bonds. The van der Waals surface area contributed by atoms with Crippen LogP contribution >= 0.6 is 30.0 Å². The normalized spacial score (nSPS) is 16.2. The lowest BCUT2D eigenvalue weighted by Crippen LogP contribution is -2.42. The minimum Gasteiger partial charge on any atom is -0.350 e. The topological polar surface area (TPSA) is 73.9 Å². The average molecular weight is 432 g/mol.